The van der Waals surface area contributed by atoms with Gasteiger partial charge in [-0.05, 0) is 36.5 Å². The summed E-state index contributed by atoms with van der Waals surface area (Å²) in [5.74, 6) is 0.696. The van der Waals surface area contributed by atoms with Crippen LogP contribution >= 0.6 is 0 Å². The minimum absolute atomic E-state index is 0.376. The van der Waals surface area contributed by atoms with Gasteiger partial charge in [-0.1, -0.05) is 12.1 Å². The molecule has 0 radical (unpaired) electrons. The summed E-state index contributed by atoms with van der Waals surface area (Å²) in [5.41, 5.74) is 2.45. The molecule has 0 aromatic heterocycles. The average molecular weight is 271 g/mol. The molecule has 1 aliphatic carbocycles. The second-order valence-corrected chi connectivity index (χ2v) is 5.44. The number of hydrogen-bond donors (Lipinski definition) is 1. The summed E-state index contributed by atoms with van der Waals surface area (Å²) in [6, 6.07) is 9.92. The molecule has 0 spiro atoms. The van der Waals surface area contributed by atoms with Crippen molar-refractivity contribution in [3.05, 3.63) is 29.8 Å². The maximum absolute atomic E-state index is 11.1. The normalized spacial score (nSPS) is 22.4. The van der Waals surface area contributed by atoms with Gasteiger partial charge in [-0.3, -0.25) is 4.90 Å². The Kier molecular flexibility index (Phi) is 3.23. The summed E-state index contributed by atoms with van der Waals surface area (Å²) in [6.45, 7) is 1.46. The van der Waals surface area contributed by atoms with Crippen LogP contribution in [0.15, 0.2) is 24.3 Å². The van der Waals surface area contributed by atoms with Crippen molar-refractivity contribution in [1.29, 1.82) is 5.26 Å². The zero-order valence-corrected chi connectivity index (χ0v) is 11.2. The second kappa shape index (κ2) is 5.04. The third-order valence-corrected chi connectivity index (χ3v) is 4.06. The van der Waals surface area contributed by atoms with E-state index in [0.29, 0.717) is 25.6 Å². The molecule has 2 aliphatic rings. The van der Waals surface area contributed by atoms with Crippen LogP contribution in [0.3, 0.4) is 0 Å². The monoisotopic (exact) mass is 271 g/mol. The van der Waals surface area contributed by atoms with Crippen LogP contribution < -0.4 is 4.90 Å². The number of nitriles is 1. The first kappa shape index (κ1) is 12.8. The van der Waals surface area contributed by atoms with E-state index >= 15 is 0 Å². The van der Waals surface area contributed by atoms with E-state index in [2.05, 4.69) is 23.1 Å². The zero-order valence-electron chi connectivity index (χ0n) is 11.2. The molecule has 104 valence electrons. The maximum atomic E-state index is 11.1. The molecule has 1 aromatic carbocycles. The second-order valence-electron chi connectivity index (χ2n) is 5.44. The highest BCUT2D eigenvalue weighted by Gasteiger charge is 2.31. The minimum Gasteiger partial charge on any atom is -0.465 e. The number of benzene rings is 1. The number of carboxylic acid groups (broad SMARTS) is 1. The van der Waals surface area contributed by atoms with Crippen LogP contribution in [0.4, 0.5) is 10.5 Å². The van der Waals surface area contributed by atoms with Crippen LogP contribution in [0.5, 0.6) is 0 Å². The molecule has 0 bridgehead atoms. The van der Waals surface area contributed by atoms with Gasteiger partial charge < -0.3 is 10.0 Å². The lowest BCUT2D eigenvalue weighted by molar-refractivity contribution is 0.130. The molecule has 2 fully saturated rings. The molecule has 1 amide bonds. The lowest BCUT2D eigenvalue weighted by Gasteiger charge is -2.38. The molecule has 5 nitrogen and oxygen atoms in total. The number of anilines is 1. The topological polar surface area (TPSA) is 67.6 Å². The van der Waals surface area contributed by atoms with Gasteiger partial charge in [-0.15, -0.1) is 0 Å². The summed E-state index contributed by atoms with van der Waals surface area (Å²) in [5, 5.41) is 18.2. The lowest BCUT2D eigenvalue weighted by Crippen LogP contribution is -2.54. The third kappa shape index (κ3) is 2.42. The van der Waals surface area contributed by atoms with Crippen LogP contribution in [-0.4, -0.2) is 41.8 Å². The summed E-state index contributed by atoms with van der Waals surface area (Å²) in [4.78, 5) is 14.4. The van der Waals surface area contributed by atoms with Gasteiger partial charge in [0.15, 0.2) is 0 Å². The van der Waals surface area contributed by atoms with Crippen molar-refractivity contribution in [3.63, 3.8) is 0 Å². The first-order valence-corrected chi connectivity index (χ1v) is 6.93. The first-order valence-electron chi connectivity index (χ1n) is 6.93. The zero-order chi connectivity index (χ0) is 14.1. The minimum atomic E-state index is -1.01. The molecule has 1 atom stereocenters. The molecule has 1 saturated heterocycles. The van der Waals surface area contributed by atoms with E-state index in [4.69, 9.17) is 10.4 Å². The maximum Gasteiger partial charge on any atom is 0.408 e. The Bertz CT molecular complexity index is 562. The molecule has 1 aromatic rings. The number of nitrogens with zero attached hydrogens (tertiary/aromatic N) is 3. The third-order valence-electron chi connectivity index (χ3n) is 4.06. The molecule has 1 aliphatic heterocycles. The fourth-order valence-corrected chi connectivity index (χ4v) is 2.75. The van der Waals surface area contributed by atoms with Gasteiger partial charge in [-0.2, -0.15) is 5.26 Å². The van der Waals surface area contributed by atoms with Crippen molar-refractivity contribution in [2.24, 2.45) is 0 Å². The number of amides is 1. The number of rotatable bonds is 2. The summed E-state index contributed by atoms with van der Waals surface area (Å²) < 4.78 is 0. The van der Waals surface area contributed by atoms with E-state index in [-0.39, 0.29) is 0 Å². The Morgan fingerprint density at radius 3 is 2.80 bits per heavy atom. The van der Waals surface area contributed by atoms with Crippen LogP contribution in [-0.2, 0) is 0 Å². The van der Waals surface area contributed by atoms with Crippen molar-refractivity contribution in [2.45, 2.75) is 24.8 Å². The standard InChI is InChI=1S/C15H17N3O2/c16-9-14-10-17(6-7-18(14)15(19)20)13-3-1-2-12(8-13)11-4-5-11/h1-3,8,11,14H,4-7,10H2,(H,19,20). The van der Waals surface area contributed by atoms with Gasteiger partial charge >= 0.3 is 6.09 Å². The van der Waals surface area contributed by atoms with E-state index in [1.54, 1.807) is 0 Å². The van der Waals surface area contributed by atoms with Crippen LogP contribution in [0.1, 0.15) is 24.3 Å². The van der Waals surface area contributed by atoms with Crippen molar-refractivity contribution in [2.75, 3.05) is 24.5 Å². The van der Waals surface area contributed by atoms with Crippen LogP contribution in [0.25, 0.3) is 0 Å². The van der Waals surface area contributed by atoms with Crippen LogP contribution in [0.2, 0.25) is 0 Å². The Hall–Kier alpha value is -2.22. The molecule has 1 saturated carbocycles. The summed E-state index contributed by atoms with van der Waals surface area (Å²) in [7, 11) is 0. The Morgan fingerprint density at radius 2 is 2.15 bits per heavy atom. The lowest BCUT2D eigenvalue weighted by atomic mass is 10.1. The van der Waals surface area contributed by atoms with Crippen LogP contribution in [0, 0.1) is 11.3 Å². The van der Waals surface area contributed by atoms with Gasteiger partial charge in [-0.25, -0.2) is 4.79 Å². The molecular weight excluding hydrogens is 254 g/mol. The van der Waals surface area contributed by atoms with Crippen molar-refractivity contribution in [3.8, 4) is 6.07 Å². The number of piperazine rings is 1. The fraction of sp³-hybridized carbons (Fsp3) is 0.467. The van der Waals surface area contributed by atoms with Gasteiger partial charge in [0.25, 0.3) is 0 Å². The predicted octanol–water partition coefficient (Wildman–Crippen LogP) is 2.26. The molecule has 1 unspecified atom stereocenters. The number of hydrogen-bond acceptors (Lipinski definition) is 3. The van der Waals surface area contributed by atoms with E-state index in [0.717, 1.165) is 5.69 Å². The SMILES string of the molecule is N#CC1CN(c2cccc(C3CC3)c2)CCN1C(=O)O. The number of carbonyl (C=O) groups is 1. The van der Waals surface area contributed by atoms with Gasteiger partial charge in [0.05, 0.1) is 12.6 Å². The largest absolute Gasteiger partial charge is 0.465 e. The first-order chi connectivity index (χ1) is 9.69. The van der Waals surface area contributed by atoms with E-state index < -0.39 is 12.1 Å². The molecule has 3 rings (SSSR count). The smallest absolute Gasteiger partial charge is 0.408 e. The molecule has 5 heteroatoms. The van der Waals surface area contributed by atoms with E-state index in [9.17, 15) is 4.79 Å². The van der Waals surface area contributed by atoms with Gasteiger partial charge in [0, 0.05) is 18.8 Å². The van der Waals surface area contributed by atoms with Crippen molar-refractivity contribution in [1.82, 2.24) is 4.90 Å². The Labute approximate surface area is 118 Å². The molecule has 1 heterocycles. The van der Waals surface area contributed by atoms with Crippen molar-refractivity contribution < 1.29 is 9.90 Å². The average Bonchev–Trinajstić information content (AvgIpc) is 3.31. The highest BCUT2D eigenvalue weighted by Crippen LogP contribution is 2.41. The summed E-state index contributed by atoms with van der Waals surface area (Å²) in [6.07, 6.45) is 1.51. The Balaban J connectivity index is 1.77. The predicted molar refractivity (Wildman–Crippen MR) is 74.8 cm³/mol. The van der Waals surface area contributed by atoms with Gasteiger partial charge in [0.2, 0.25) is 0 Å². The van der Waals surface area contributed by atoms with E-state index in [1.165, 1.54) is 23.3 Å². The van der Waals surface area contributed by atoms with Crippen molar-refractivity contribution >= 4 is 11.8 Å². The van der Waals surface area contributed by atoms with E-state index in [1.807, 2.05) is 12.1 Å². The highest BCUT2D eigenvalue weighted by atomic mass is 16.4. The Morgan fingerprint density at radius 1 is 1.35 bits per heavy atom. The molecular formula is C15H17N3O2. The molecule has 1 N–H and O–H groups in total. The fourth-order valence-electron chi connectivity index (χ4n) is 2.75. The molecule has 20 heavy (non-hydrogen) atoms. The van der Waals surface area contributed by atoms with Gasteiger partial charge in [0.1, 0.15) is 6.04 Å². The highest BCUT2D eigenvalue weighted by molar-refractivity contribution is 5.67. The summed E-state index contributed by atoms with van der Waals surface area (Å²) >= 11 is 0. The quantitative estimate of drug-likeness (QED) is 0.895.